The topological polar surface area (TPSA) is 68.5 Å². The van der Waals surface area contributed by atoms with E-state index in [0.29, 0.717) is 31.2 Å². The Labute approximate surface area is 105 Å². The Morgan fingerprint density at radius 1 is 1.76 bits per heavy atom. The van der Waals surface area contributed by atoms with Crippen molar-refractivity contribution in [3.63, 3.8) is 0 Å². The Balaban J connectivity index is 1.91. The summed E-state index contributed by atoms with van der Waals surface area (Å²) in [5.74, 6) is 0.108. The van der Waals surface area contributed by atoms with Crippen LogP contribution in [-0.4, -0.2) is 41.6 Å². The largest absolute Gasteiger partial charge is 0.375 e. The van der Waals surface area contributed by atoms with Crippen LogP contribution < -0.4 is 5.73 Å². The SMILES string of the molecule is CCC1CN(C(=O)Cc2csc(N)n2)CCO1. The number of ether oxygens (including phenoxy) is 1. The van der Waals surface area contributed by atoms with Crippen LogP contribution in [0.5, 0.6) is 0 Å². The highest BCUT2D eigenvalue weighted by molar-refractivity contribution is 7.13. The number of thiazole rings is 1. The smallest absolute Gasteiger partial charge is 0.228 e. The number of nitrogens with two attached hydrogens (primary N) is 1. The second-order valence-electron chi connectivity index (χ2n) is 4.09. The van der Waals surface area contributed by atoms with Crippen molar-refractivity contribution in [3.8, 4) is 0 Å². The second-order valence-corrected chi connectivity index (χ2v) is 4.98. The quantitative estimate of drug-likeness (QED) is 0.871. The summed E-state index contributed by atoms with van der Waals surface area (Å²) in [5, 5.41) is 2.35. The molecule has 0 saturated carbocycles. The van der Waals surface area contributed by atoms with E-state index < -0.39 is 0 Å². The Morgan fingerprint density at radius 3 is 3.24 bits per heavy atom. The Kier molecular flexibility index (Phi) is 3.96. The van der Waals surface area contributed by atoms with E-state index in [2.05, 4.69) is 11.9 Å². The summed E-state index contributed by atoms with van der Waals surface area (Å²) in [6.45, 7) is 4.06. The number of carbonyl (C=O) groups is 1. The molecule has 17 heavy (non-hydrogen) atoms. The molecule has 0 aromatic carbocycles. The van der Waals surface area contributed by atoms with Crippen LogP contribution in [0.4, 0.5) is 5.13 Å². The van der Waals surface area contributed by atoms with Crippen molar-refractivity contribution in [1.29, 1.82) is 0 Å². The van der Waals surface area contributed by atoms with Crippen molar-refractivity contribution in [1.82, 2.24) is 9.88 Å². The number of aromatic nitrogens is 1. The molecule has 2 N–H and O–H groups in total. The first-order valence-corrected chi connectivity index (χ1v) is 6.66. The van der Waals surface area contributed by atoms with Crippen molar-refractivity contribution in [2.75, 3.05) is 25.4 Å². The van der Waals surface area contributed by atoms with Crippen molar-refractivity contribution in [2.24, 2.45) is 0 Å². The third-order valence-corrected chi connectivity index (χ3v) is 3.57. The lowest BCUT2D eigenvalue weighted by Gasteiger charge is -2.32. The number of rotatable bonds is 3. The van der Waals surface area contributed by atoms with E-state index in [0.717, 1.165) is 12.1 Å². The zero-order valence-corrected chi connectivity index (χ0v) is 10.7. The third kappa shape index (κ3) is 3.17. The van der Waals surface area contributed by atoms with Crippen molar-refractivity contribution in [2.45, 2.75) is 25.9 Å². The van der Waals surface area contributed by atoms with Crippen LogP contribution in [0.25, 0.3) is 0 Å². The van der Waals surface area contributed by atoms with E-state index in [1.165, 1.54) is 11.3 Å². The standard InChI is InChI=1S/C11H17N3O2S/c1-2-9-6-14(3-4-16-9)10(15)5-8-7-17-11(12)13-8/h7,9H,2-6H2,1H3,(H2,12,13). The minimum atomic E-state index is 0.108. The van der Waals surface area contributed by atoms with Gasteiger partial charge in [-0.05, 0) is 6.42 Å². The van der Waals surface area contributed by atoms with Gasteiger partial charge < -0.3 is 15.4 Å². The maximum Gasteiger partial charge on any atom is 0.228 e. The lowest BCUT2D eigenvalue weighted by molar-refractivity contribution is -0.138. The molecular weight excluding hydrogens is 238 g/mol. The van der Waals surface area contributed by atoms with Gasteiger partial charge in [-0.2, -0.15) is 0 Å². The molecule has 1 aromatic rings. The average Bonchev–Trinajstić information content (AvgIpc) is 2.75. The average molecular weight is 255 g/mol. The number of carbonyl (C=O) groups excluding carboxylic acids is 1. The van der Waals surface area contributed by atoms with Crippen LogP contribution in [0.1, 0.15) is 19.0 Å². The predicted molar refractivity (Wildman–Crippen MR) is 66.8 cm³/mol. The highest BCUT2D eigenvalue weighted by atomic mass is 32.1. The molecular formula is C11H17N3O2S. The molecule has 1 aliphatic rings. The fraction of sp³-hybridized carbons (Fsp3) is 0.636. The van der Waals surface area contributed by atoms with Crippen LogP contribution >= 0.6 is 11.3 Å². The van der Waals surface area contributed by atoms with Crippen molar-refractivity contribution in [3.05, 3.63) is 11.1 Å². The monoisotopic (exact) mass is 255 g/mol. The molecule has 2 rings (SSSR count). The lowest BCUT2D eigenvalue weighted by atomic mass is 10.2. The minimum Gasteiger partial charge on any atom is -0.375 e. The van der Waals surface area contributed by atoms with Crippen LogP contribution in [0, 0.1) is 0 Å². The van der Waals surface area contributed by atoms with E-state index in [1.807, 2.05) is 10.3 Å². The number of nitrogens with zero attached hydrogens (tertiary/aromatic N) is 2. The fourth-order valence-corrected chi connectivity index (χ4v) is 2.43. The van der Waals surface area contributed by atoms with E-state index in [9.17, 15) is 4.79 Å². The summed E-state index contributed by atoms with van der Waals surface area (Å²) in [6, 6.07) is 0. The molecule has 1 amide bonds. The molecule has 1 aromatic heterocycles. The predicted octanol–water partition coefficient (Wildman–Crippen LogP) is 0.905. The summed E-state index contributed by atoms with van der Waals surface area (Å²) in [6.07, 6.45) is 1.45. The van der Waals surface area contributed by atoms with Crippen LogP contribution in [-0.2, 0) is 16.0 Å². The molecule has 0 bridgehead atoms. The summed E-state index contributed by atoms with van der Waals surface area (Å²) in [5.41, 5.74) is 6.30. The fourth-order valence-electron chi connectivity index (χ4n) is 1.86. The maximum atomic E-state index is 12.0. The zero-order valence-electron chi connectivity index (χ0n) is 9.89. The Morgan fingerprint density at radius 2 is 2.59 bits per heavy atom. The van der Waals surface area contributed by atoms with Gasteiger partial charge in [0.15, 0.2) is 5.13 Å². The van der Waals surface area contributed by atoms with Gasteiger partial charge in [0.1, 0.15) is 0 Å². The Hall–Kier alpha value is -1.14. The molecule has 1 saturated heterocycles. The van der Waals surface area contributed by atoms with Gasteiger partial charge >= 0.3 is 0 Å². The van der Waals surface area contributed by atoms with Gasteiger partial charge in [0.2, 0.25) is 5.91 Å². The molecule has 1 fully saturated rings. The second kappa shape index (κ2) is 5.46. The number of hydrogen-bond acceptors (Lipinski definition) is 5. The minimum absolute atomic E-state index is 0.108. The molecule has 5 nitrogen and oxygen atoms in total. The summed E-state index contributed by atoms with van der Waals surface area (Å²) in [4.78, 5) is 18.0. The first kappa shape index (κ1) is 12.3. The summed E-state index contributed by atoms with van der Waals surface area (Å²) < 4.78 is 5.53. The number of morpholine rings is 1. The lowest BCUT2D eigenvalue weighted by Crippen LogP contribution is -2.46. The van der Waals surface area contributed by atoms with Crippen molar-refractivity contribution >= 4 is 22.4 Å². The van der Waals surface area contributed by atoms with E-state index in [4.69, 9.17) is 10.5 Å². The number of nitrogen functional groups attached to an aromatic ring is 1. The van der Waals surface area contributed by atoms with Gasteiger partial charge in [-0.3, -0.25) is 4.79 Å². The molecule has 0 radical (unpaired) electrons. The normalized spacial score (nSPS) is 20.5. The highest BCUT2D eigenvalue weighted by Gasteiger charge is 2.23. The van der Waals surface area contributed by atoms with Crippen molar-refractivity contribution < 1.29 is 9.53 Å². The molecule has 0 aliphatic carbocycles. The van der Waals surface area contributed by atoms with E-state index in [-0.39, 0.29) is 12.0 Å². The first-order valence-electron chi connectivity index (χ1n) is 5.78. The van der Waals surface area contributed by atoms with Gasteiger partial charge in [-0.25, -0.2) is 4.98 Å². The summed E-state index contributed by atoms with van der Waals surface area (Å²) >= 11 is 1.37. The summed E-state index contributed by atoms with van der Waals surface area (Å²) in [7, 11) is 0. The van der Waals surface area contributed by atoms with Gasteiger partial charge in [-0.15, -0.1) is 11.3 Å². The van der Waals surface area contributed by atoms with E-state index in [1.54, 1.807) is 0 Å². The molecule has 2 heterocycles. The van der Waals surface area contributed by atoms with Gasteiger partial charge in [0.25, 0.3) is 0 Å². The zero-order chi connectivity index (χ0) is 12.3. The van der Waals surface area contributed by atoms with Crippen LogP contribution in [0.2, 0.25) is 0 Å². The molecule has 1 unspecified atom stereocenters. The van der Waals surface area contributed by atoms with Crippen LogP contribution in [0.15, 0.2) is 5.38 Å². The van der Waals surface area contributed by atoms with Gasteiger partial charge in [0, 0.05) is 18.5 Å². The highest BCUT2D eigenvalue weighted by Crippen LogP contribution is 2.14. The van der Waals surface area contributed by atoms with E-state index >= 15 is 0 Å². The maximum absolute atomic E-state index is 12.0. The third-order valence-electron chi connectivity index (χ3n) is 2.85. The first-order chi connectivity index (χ1) is 8.19. The van der Waals surface area contributed by atoms with Crippen LogP contribution in [0.3, 0.4) is 0 Å². The molecule has 1 aliphatic heterocycles. The molecule has 0 spiro atoms. The van der Waals surface area contributed by atoms with Gasteiger partial charge in [0.05, 0.1) is 24.8 Å². The molecule has 1 atom stereocenters. The molecule has 6 heteroatoms. The van der Waals surface area contributed by atoms with Gasteiger partial charge in [-0.1, -0.05) is 6.92 Å². The number of anilines is 1. The number of amides is 1. The molecule has 94 valence electrons. The number of hydrogen-bond donors (Lipinski definition) is 1. The Bertz CT molecular complexity index is 394.